The second-order valence-corrected chi connectivity index (χ2v) is 8.92. The summed E-state index contributed by atoms with van der Waals surface area (Å²) in [5, 5.41) is 4.14. The highest BCUT2D eigenvalue weighted by Crippen LogP contribution is 2.37. The fourth-order valence-corrected chi connectivity index (χ4v) is 4.05. The minimum absolute atomic E-state index is 0.0543. The van der Waals surface area contributed by atoms with E-state index in [9.17, 15) is 4.79 Å². The van der Waals surface area contributed by atoms with Crippen molar-refractivity contribution in [3.05, 3.63) is 53.9 Å². The summed E-state index contributed by atoms with van der Waals surface area (Å²) in [4.78, 5) is 19.3. The number of nitrogens with zero attached hydrogens (tertiary/aromatic N) is 3. The molecule has 1 fully saturated rings. The lowest BCUT2D eigenvalue weighted by atomic mass is 10.1. The highest BCUT2D eigenvalue weighted by molar-refractivity contribution is 5.80. The predicted molar refractivity (Wildman–Crippen MR) is 127 cm³/mol. The molecule has 1 saturated heterocycles. The normalized spacial score (nSPS) is 16.7. The van der Waals surface area contributed by atoms with Crippen LogP contribution in [0.2, 0.25) is 0 Å². The van der Waals surface area contributed by atoms with Crippen LogP contribution in [0.15, 0.2) is 47.0 Å². The molecule has 1 aliphatic heterocycles. The Labute approximate surface area is 199 Å². The topological polar surface area (TPSA) is 86.9 Å². The van der Waals surface area contributed by atoms with Gasteiger partial charge in [0.1, 0.15) is 5.75 Å². The molecule has 0 radical (unpaired) electrons. The second-order valence-electron chi connectivity index (χ2n) is 8.92. The summed E-state index contributed by atoms with van der Waals surface area (Å²) >= 11 is 0. The van der Waals surface area contributed by atoms with E-state index in [0.29, 0.717) is 48.7 Å². The number of benzene rings is 2. The maximum absolute atomic E-state index is 12.8. The van der Waals surface area contributed by atoms with E-state index in [1.165, 1.54) is 0 Å². The van der Waals surface area contributed by atoms with Gasteiger partial charge in [-0.3, -0.25) is 4.79 Å². The Balaban J connectivity index is 1.44. The number of likely N-dealkylation sites (tertiary alicyclic amines) is 1. The predicted octanol–water partition coefficient (Wildman–Crippen LogP) is 4.87. The SMILES string of the molecule is COc1ccc(C(C)N2CC(c3nc(-c4ccc(OCC(C)C)cc4)no3)CC2=O)cc1OC. The van der Waals surface area contributed by atoms with E-state index in [1.807, 2.05) is 54.3 Å². The van der Waals surface area contributed by atoms with Crippen molar-refractivity contribution in [2.75, 3.05) is 27.4 Å². The number of ether oxygens (including phenoxy) is 3. The first-order valence-electron chi connectivity index (χ1n) is 11.5. The maximum atomic E-state index is 12.8. The van der Waals surface area contributed by atoms with Crippen LogP contribution in [0.3, 0.4) is 0 Å². The molecule has 8 nitrogen and oxygen atoms in total. The van der Waals surface area contributed by atoms with Gasteiger partial charge in [0.15, 0.2) is 11.5 Å². The van der Waals surface area contributed by atoms with E-state index in [4.69, 9.17) is 18.7 Å². The number of methoxy groups -OCH3 is 2. The molecule has 1 amide bonds. The summed E-state index contributed by atoms with van der Waals surface area (Å²) in [5.74, 6) is 3.45. The van der Waals surface area contributed by atoms with Crippen LogP contribution in [0.1, 0.15) is 50.6 Å². The smallest absolute Gasteiger partial charge is 0.232 e. The molecule has 180 valence electrons. The van der Waals surface area contributed by atoms with Gasteiger partial charge in [-0.15, -0.1) is 0 Å². The van der Waals surface area contributed by atoms with E-state index in [0.717, 1.165) is 16.9 Å². The molecule has 1 aromatic heterocycles. The Bertz CT molecular complexity index is 1130. The molecule has 3 aromatic rings. The largest absolute Gasteiger partial charge is 0.493 e. The molecule has 0 bridgehead atoms. The number of carbonyl (C=O) groups is 1. The van der Waals surface area contributed by atoms with Gasteiger partial charge >= 0.3 is 0 Å². The lowest BCUT2D eigenvalue weighted by molar-refractivity contribution is -0.129. The molecule has 0 spiro atoms. The molecule has 8 heteroatoms. The minimum atomic E-state index is -0.148. The fraction of sp³-hybridized carbons (Fsp3) is 0.423. The number of rotatable bonds is 9. The van der Waals surface area contributed by atoms with E-state index in [-0.39, 0.29) is 17.9 Å². The molecule has 2 heterocycles. The van der Waals surface area contributed by atoms with Crippen LogP contribution in [0.4, 0.5) is 0 Å². The molecular formula is C26H31N3O5. The van der Waals surface area contributed by atoms with Crippen molar-refractivity contribution in [1.29, 1.82) is 0 Å². The van der Waals surface area contributed by atoms with Crippen LogP contribution >= 0.6 is 0 Å². The van der Waals surface area contributed by atoms with Gasteiger partial charge in [0, 0.05) is 18.5 Å². The third-order valence-corrected chi connectivity index (χ3v) is 6.00. The van der Waals surface area contributed by atoms with Crippen LogP contribution in [0.5, 0.6) is 17.2 Å². The number of carbonyl (C=O) groups excluding carboxylic acids is 1. The van der Waals surface area contributed by atoms with Gasteiger partial charge in [0.25, 0.3) is 0 Å². The van der Waals surface area contributed by atoms with Gasteiger partial charge in [-0.25, -0.2) is 0 Å². The molecule has 0 N–H and O–H groups in total. The van der Waals surface area contributed by atoms with E-state index in [2.05, 4.69) is 24.0 Å². The van der Waals surface area contributed by atoms with Crippen molar-refractivity contribution in [3.8, 4) is 28.6 Å². The van der Waals surface area contributed by atoms with Gasteiger partial charge in [0.05, 0.1) is 32.8 Å². The Kier molecular flexibility index (Phi) is 7.05. The summed E-state index contributed by atoms with van der Waals surface area (Å²) in [5.41, 5.74) is 1.81. The highest BCUT2D eigenvalue weighted by atomic mass is 16.5. The van der Waals surface area contributed by atoms with Crippen LogP contribution in [0.25, 0.3) is 11.4 Å². The average molecular weight is 466 g/mol. The average Bonchev–Trinajstić information content (AvgIpc) is 3.49. The van der Waals surface area contributed by atoms with Crippen molar-refractivity contribution in [2.24, 2.45) is 5.92 Å². The third-order valence-electron chi connectivity index (χ3n) is 6.00. The van der Waals surface area contributed by atoms with Crippen molar-refractivity contribution >= 4 is 5.91 Å². The van der Waals surface area contributed by atoms with Crippen molar-refractivity contribution in [2.45, 2.75) is 39.2 Å². The Morgan fingerprint density at radius 3 is 2.47 bits per heavy atom. The third kappa shape index (κ3) is 5.00. The zero-order chi connectivity index (χ0) is 24.2. The van der Waals surface area contributed by atoms with Gasteiger partial charge in [-0.1, -0.05) is 25.1 Å². The molecule has 34 heavy (non-hydrogen) atoms. The molecule has 0 saturated carbocycles. The number of aromatic nitrogens is 2. The molecule has 2 aromatic carbocycles. The number of hydrogen-bond donors (Lipinski definition) is 0. The molecule has 2 unspecified atom stereocenters. The molecule has 2 atom stereocenters. The van der Waals surface area contributed by atoms with Crippen LogP contribution in [0, 0.1) is 5.92 Å². The summed E-state index contributed by atoms with van der Waals surface area (Å²) < 4.78 is 22.0. The first kappa shape index (κ1) is 23.6. The number of hydrogen-bond acceptors (Lipinski definition) is 7. The maximum Gasteiger partial charge on any atom is 0.232 e. The Morgan fingerprint density at radius 1 is 1.06 bits per heavy atom. The van der Waals surface area contributed by atoms with Crippen LogP contribution < -0.4 is 14.2 Å². The quantitative estimate of drug-likeness (QED) is 0.446. The minimum Gasteiger partial charge on any atom is -0.493 e. The Morgan fingerprint density at radius 2 is 1.79 bits per heavy atom. The lowest BCUT2D eigenvalue weighted by Crippen LogP contribution is -2.28. The zero-order valence-electron chi connectivity index (χ0n) is 20.3. The lowest BCUT2D eigenvalue weighted by Gasteiger charge is -2.25. The molecule has 4 rings (SSSR count). The van der Waals surface area contributed by atoms with Crippen LogP contribution in [-0.2, 0) is 4.79 Å². The standard InChI is InChI=1S/C26H31N3O5/c1-16(2)15-33-21-9-6-18(7-10-21)25-27-26(34-28-25)20-13-24(30)29(14-20)17(3)19-8-11-22(31-4)23(12-19)32-5/h6-12,16-17,20H,13-15H2,1-5H3. The second kappa shape index (κ2) is 10.2. The molecule has 0 aliphatic carbocycles. The summed E-state index contributed by atoms with van der Waals surface area (Å²) in [6.07, 6.45) is 0.335. The monoisotopic (exact) mass is 465 g/mol. The summed E-state index contributed by atoms with van der Waals surface area (Å²) in [7, 11) is 3.20. The van der Waals surface area contributed by atoms with Crippen molar-refractivity contribution < 1.29 is 23.5 Å². The van der Waals surface area contributed by atoms with E-state index < -0.39 is 0 Å². The first-order valence-corrected chi connectivity index (χ1v) is 11.5. The molecule has 1 aliphatic rings. The fourth-order valence-electron chi connectivity index (χ4n) is 4.05. The summed E-state index contributed by atoms with van der Waals surface area (Å²) in [6, 6.07) is 13.2. The molecular weight excluding hydrogens is 434 g/mol. The summed E-state index contributed by atoms with van der Waals surface area (Å²) in [6.45, 7) is 7.40. The Hall–Kier alpha value is -3.55. The van der Waals surface area contributed by atoms with Gasteiger partial charge in [0.2, 0.25) is 17.6 Å². The number of amides is 1. The highest BCUT2D eigenvalue weighted by Gasteiger charge is 2.37. The van der Waals surface area contributed by atoms with Gasteiger partial charge in [-0.2, -0.15) is 4.98 Å². The van der Waals surface area contributed by atoms with Crippen molar-refractivity contribution in [3.63, 3.8) is 0 Å². The van der Waals surface area contributed by atoms with Crippen molar-refractivity contribution in [1.82, 2.24) is 15.0 Å². The first-order chi connectivity index (χ1) is 16.4. The zero-order valence-corrected chi connectivity index (χ0v) is 20.3. The van der Waals surface area contributed by atoms with Gasteiger partial charge in [-0.05, 0) is 54.8 Å². The van der Waals surface area contributed by atoms with E-state index in [1.54, 1.807) is 14.2 Å². The van der Waals surface area contributed by atoms with Crippen LogP contribution in [-0.4, -0.2) is 48.3 Å². The van der Waals surface area contributed by atoms with Gasteiger partial charge < -0.3 is 23.6 Å². The van der Waals surface area contributed by atoms with E-state index >= 15 is 0 Å².